The molecule has 3 N–H and O–H groups in total. The van der Waals surface area contributed by atoms with Crippen molar-refractivity contribution < 1.29 is 19.1 Å². The van der Waals surface area contributed by atoms with E-state index in [-0.39, 0.29) is 11.9 Å². The number of likely N-dealkylation sites (N-methyl/N-ethyl adjacent to an activating group) is 1. The number of methoxy groups -OCH3 is 2. The molecule has 0 spiro atoms. The minimum Gasteiger partial charge on any atom is -0.493 e. The standard InChI is InChI=1S/C26H36N4O4/c1-27-26(32)29-22-12-9-20(10-13-22)7-5-8-25(31)28-16-6-17-30(2)18-15-21-11-14-23(33-3)24(19-21)34-4/h5,7,9-14,19H,6,8,15-18H2,1-4H3,(H,28,31)(H2,27,29,32)/b7-5+. The molecule has 0 unspecified atom stereocenters. The molecule has 0 saturated heterocycles. The van der Waals surface area contributed by atoms with E-state index in [1.54, 1.807) is 21.3 Å². The quantitative estimate of drug-likeness (QED) is 0.391. The Bertz CT molecular complexity index is 944. The molecule has 8 nitrogen and oxygen atoms in total. The number of anilines is 1. The summed E-state index contributed by atoms with van der Waals surface area (Å²) in [6.45, 7) is 2.47. The van der Waals surface area contributed by atoms with Crippen molar-refractivity contribution in [1.82, 2.24) is 15.5 Å². The van der Waals surface area contributed by atoms with E-state index in [2.05, 4.69) is 34.0 Å². The molecule has 3 amide bonds. The fraction of sp³-hybridized carbons (Fsp3) is 0.385. The molecule has 184 valence electrons. The Labute approximate surface area is 202 Å². The zero-order valence-corrected chi connectivity index (χ0v) is 20.5. The van der Waals surface area contributed by atoms with Crippen LogP contribution in [0.5, 0.6) is 11.5 Å². The van der Waals surface area contributed by atoms with Crippen LogP contribution in [0.15, 0.2) is 48.5 Å². The highest BCUT2D eigenvalue weighted by Crippen LogP contribution is 2.27. The van der Waals surface area contributed by atoms with Crippen molar-refractivity contribution in [2.45, 2.75) is 19.3 Å². The summed E-state index contributed by atoms with van der Waals surface area (Å²) in [5.41, 5.74) is 2.87. The Morgan fingerprint density at radius 1 is 1.00 bits per heavy atom. The van der Waals surface area contributed by atoms with E-state index in [9.17, 15) is 9.59 Å². The molecule has 34 heavy (non-hydrogen) atoms. The smallest absolute Gasteiger partial charge is 0.318 e. The van der Waals surface area contributed by atoms with Gasteiger partial charge in [-0.05, 0) is 61.8 Å². The lowest BCUT2D eigenvalue weighted by molar-refractivity contribution is -0.120. The minimum absolute atomic E-state index is 0.00198. The number of amides is 3. The second kappa shape index (κ2) is 14.6. The Kier molecular flexibility index (Phi) is 11.5. The van der Waals surface area contributed by atoms with E-state index < -0.39 is 0 Å². The SMILES string of the molecule is CNC(=O)Nc1ccc(/C=C/CC(=O)NCCCN(C)CCc2ccc(OC)c(OC)c2)cc1. The molecule has 0 aliphatic heterocycles. The number of urea groups is 1. The molecule has 0 heterocycles. The summed E-state index contributed by atoms with van der Waals surface area (Å²) in [6, 6.07) is 13.1. The van der Waals surface area contributed by atoms with E-state index in [0.717, 1.165) is 43.0 Å². The maximum atomic E-state index is 12.1. The lowest BCUT2D eigenvalue weighted by atomic mass is 10.1. The highest BCUT2D eigenvalue weighted by Gasteiger charge is 2.06. The molecule has 2 rings (SSSR count). The Balaban J connectivity index is 1.61. The van der Waals surface area contributed by atoms with Crippen LogP contribution < -0.4 is 25.4 Å². The number of benzene rings is 2. The number of ether oxygens (including phenoxy) is 2. The summed E-state index contributed by atoms with van der Waals surface area (Å²) in [5.74, 6) is 1.48. The molecular weight excluding hydrogens is 432 g/mol. The lowest BCUT2D eigenvalue weighted by Gasteiger charge is -2.17. The average molecular weight is 469 g/mol. The first-order valence-electron chi connectivity index (χ1n) is 11.4. The van der Waals surface area contributed by atoms with Gasteiger partial charge < -0.3 is 30.3 Å². The number of carbonyl (C=O) groups is 2. The fourth-order valence-corrected chi connectivity index (χ4v) is 3.29. The van der Waals surface area contributed by atoms with Gasteiger partial charge in [-0.1, -0.05) is 30.4 Å². The summed E-state index contributed by atoms with van der Waals surface area (Å²) in [5, 5.41) is 8.17. The molecule has 0 bridgehead atoms. The van der Waals surface area contributed by atoms with Gasteiger partial charge in [-0.25, -0.2) is 4.79 Å². The second-order valence-corrected chi connectivity index (χ2v) is 7.88. The third kappa shape index (κ3) is 9.54. The summed E-state index contributed by atoms with van der Waals surface area (Å²) in [6.07, 6.45) is 5.86. The number of hydrogen-bond acceptors (Lipinski definition) is 5. The largest absolute Gasteiger partial charge is 0.493 e. The molecule has 2 aromatic rings. The minimum atomic E-state index is -0.260. The number of carbonyl (C=O) groups excluding carboxylic acids is 2. The van der Waals surface area contributed by atoms with Crippen LogP contribution in [-0.2, 0) is 11.2 Å². The highest BCUT2D eigenvalue weighted by atomic mass is 16.5. The normalized spacial score (nSPS) is 10.9. The molecule has 0 saturated carbocycles. The summed E-state index contributed by atoms with van der Waals surface area (Å²) < 4.78 is 10.6. The van der Waals surface area contributed by atoms with E-state index in [1.165, 1.54) is 5.56 Å². The third-order valence-corrected chi connectivity index (χ3v) is 5.28. The molecule has 0 aliphatic rings. The van der Waals surface area contributed by atoms with Crippen LogP contribution in [0.2, 0.25) is 0 Å². The van der Waals surface area contributed by atoms with Gasteiger partial charge in [0, 0.05) is 32.2 Å². The lowest BCUT2D eigenvalue weighted by Crippen LogP contribution is -2.28. The van der Waals surface area contributed by atoms with Gasteiger partial charge in [0.15, 0.2) is 11.5 Å². The summed E-state index contributed by atoms with van der Waals surface area (Å²) in [4.78, 5) is 25.6. The van der Waals surface area contributed by atoms with Gasteiger partial charge in [0.2, 0.25) is 5.91 Å². The maximum Gasteiger partial charge on any atom is 0.318 e. The van der Waals surface area contributed by atoms with Crippen molar-refractivity contribution in [3.63, 3.8) is 0 Å². The predicted molar refractivity (Wildman–Crippen MR) is 137 cm³/mol. The molecular formula is C26H36N4O4. The van der Waals surface area contributed by atoms with Crippen LogP contribution in [0.25, 0.3) is 6.08 Å². The molecule has 2 aromatic carbocycles. The van der Waals surface area contributed by atoms with Crippen LogP contribution in [-0.4, -0.2) is 64.8 Å². The van der Waals surface area contributed by atoms with Gasteiger partial charge in [-0.15, -0.1) is 0 Å². The monoisotopic (exact) mass is 468 g/mol. The van der Waals surface area contributed by atoms with E-state index in [1.807, 2.05) is 48.6 Å². The first kappa shape index (κ1) is 26.7. The van der Waals surface area contributed by atoms with Crippen LogP contribution >= 0.6 is 0 Å². The third-order valence-electron chi connectivity index (χ3n) is 5.28. The van der Waals surface area contributed by atoms with Gasteiger partial charge >= 0.3 is 6.03 Å². The van der Waals surface area contributed by atoms with Gasteiger partial charge in [0.05, 0.1) is 14.2 Å². The van der Waals surface area contributed by atoms with Crippen LogP contribution in [0, 0.1) is 0 Å². The molecule has 0 atom stereocenters. The number of nitrogens with zero attached hydrogens (tertiary/aromatic N) is 1. The van der Waals surface area contributed by atoms with E-state index in [0.29, 0.717) is 18.7 Å². The Morgan fingerprint density at radius 2 is 1.74 bits per heavy atom. The van der Waals surface area contributed by atoms with Gasteiger partial charge in [-0.3, -0.25) is 4.79 Å². The van der Waals surface area contributed by atoms with Crippen molar-refractivity contribution in [1.29, 1.82) is 0 Å². The van der Waals surface area contributed by atoms with Crippen LogP contribution in [0.3, 0.4) is 0 Å². The number of nitrogens with one attached hydrogen (secondary N) is 3. The van der Waals surface area contributed by atoms with Crippen molar-refractivity contribution >= 4 is 23.7 Å². The van der Waals surface area contributed by atoms with E-state index >= 15 is 0 Å². The predicted octanol–water partition coefficient (Wildman–Crippen LogP) is 3.54. The van der Waals surface area contributed by atoms with Crippen molar-refractivity contribution in [3.8, 4) is 11.5 Å². The number of rotatable bonds is 13. The average Bonchev–Trinajstić information content (AvgIpc) is 2.86. The van der Waals surface area contributed by atoms with Crippen molar-refractivity contribution in [2.75, 3.05) is 53.3 Å². The highest BCUT2D eigenvalue weighted by molar-refractivity contribution is 5.89. The molecule has 0 radical (unpaired) electrons. The zero-order chi connectivity index (χ0) is 24.8. The fourth-order valence-electron chi connectivity index (χ4n) is 3.29. The summed E-state index contributed by atoms with van der Waals surface area (Å²) >= 11 is 0. The summed E-state index contributed by atoms with van der Waals surface area (Å²) in [7, 11) is 6.93. The Hall–Kier alpha value is -3.52. The molecule has 8 heteroatoms. The van der Waals surface area contributed by atoms with Gasteiger partial charge in [-0.2, -0.15) is 0 Å². The zero-order valence-electron chi connectivity index (χ0n) is 20.5. The van der Waals surface area contributed by atoms with Gasteiger partial charge in [0.1, 0.15) is 0 Å². The second-order valence-electron chi connectivity index (χ2n) is 7.88. The van der Waals surface area contributed by atoms with Crippen LogP contribution in [0.4, 0.5) is 10.5 Å². The van der Waals surface area contributed by atoms with Crippen LogP contribution in [0.1, 0.15) is 24.0 Å². The topological polar surface area (TPSA) is 91.9 Å². The number of hydrogen-bond donors (Lipinski definition) is 3. The molecule has 0 aromatic heterocycles. The Morgan fingerprint density at radius 3 is 2.41 bits per heavy atom. The van der Waals surface area contributed by atoms with Crippen molar-refractivity contribution in [2.24, 2.45) is 0 Å². The van der Waals surface area contributed by atoms with Gasteiger partial charge in [0.25, 0.3) is 0 Å². The molecule has 0 aliphatic carbocycles. The van der Waals surface area contributed by atoms with Crippen molar-refractivity contribution in [3.05, 3.63) is 59.7 Å². The maximum absolute atomic E-state index is 12.1. The molecule has 0 fully saturated rings. The first-order chi connectivity index (χ1) is 16.4. The first-order valence-corrected chi connectivity index (χ1v) is 11.4. The van der Waals surface area contributed by atoms with E-state index in [4.69, 9.17) is 9.47 Å².